The van der Waals surface area contributed by atoms with Crippen molar-refractivity contribution in [2.45, 2.75) is 0 Å². The van der Waals surface area contributed by atoms with Crippen molar-refractivity contribution in [3.05, 3.63) is 140 Å². The third-order valence-electron chi connectivity index (χ3n) is 10.2. The number of nitrogens with zero attached hydrogens (tertiary/aromatic N) is 9. The maximum atomic E-state index is 6.04. The van der Waals surface area contributed by atoms with E-state index in [1.165, 1.54) is 35.2 Å². The van der Waals surface area contributed by atoms with Crippen molar-refractivity contribution in [2.24, 2.45) is 0 Å². The van der Waals surface area contributed by atoms with Gasteiger partial charge in [-0.25, -0.2) is 9.97 Å². The Morgan fingerprint density at radius 2 is 0.776 bits per heavy atom. The fourth-order valence-corrected chi connectivity index (χ4v) is 9.15. The zero-order valence-corrected chi connectivity index (χ0v) is 32.3. The molecule has 0 aliphatic heterocycles. The lowest BCUT2D eigenvalue weighted by Gasteiger charge is -2.26. The highest BCUT2D eigenvalue weighted by atomic mass is 32.1. The first-order valence-corrected chi connectivity index (χ1v) is 20.4. The maximum Gasteiger partial charge on any atom is 0.227 e. The molecule has 58 heavy (non-hydrogen) atoms. The van der Waals surface area contributed by atoms with Gasteiger partial charge >= 0.3 is 0 Å². The molecule has 5 aromatic heterocycles. The van der Waals surface area contributed by atoms with Crippen LogP contribution in [0.15, 0.2) is 148 Å². The number of benzene rings is 7. The number of aromatic nitrogens is 8. The summed E-state index contributed by atoms with van der Waals surface area (Å²) in [5, 5.41) is 0. The Kier molecular flexibility index (Phi) is 7.47. The van der Waals surface area contributed by atoms with Crippen LogP contribution in [0.2, 0.25) is 0 Å². The summed E-state index contributed by atoms with van der Waals surface area (Å²) < 4.78 is 40.9. The number of para-hydroxylation sites is 4. The number of fused-ring (bicyclic) bond motifs is 5. The van der Waals surface area contributed by atoms with Gasteiger partial charge in [0.05, 0.1) is 52.2 Å². The Morgan fingerprint density at radius 3 is 1.31 bits per heavy atom. The molecular weight excluding hydrogens is 783 g/mol. The predicted octanol–water partition coefficient (Wildman–Crippen LogP) is 12.1. The molecule has 0 unspecified atom stereocenters. The normalized spacial score (nSPS) is 11.8. The molecule has 274 valence electrons. The van der Waals surface area contributed by atoms with Crippen LogP contribution in [0.3, 0.4) is 0 Å². The number of oxazole rings is 2. The Balaban J connectivity index is 0.963. The van der Waals surface area contributed by atoms with E-state index in [4.69, 9.17) is 30.7 Å². The predicted molar refractivity (Wildman–Crippen MR) is 231 cm³/mol. The van der Waals surface area contributed by atoms with Gasteiger partial charge < -0.3 is 13.7 Å². The van der Waals surface area contributed by atoms with E-state index in [1.54, 1.807) is 0 Å². The highest BCUT2D eigenvalue weighted by Gasteiger charge is 2.26. The minimum absolute atomic E-state index is 0.579. The van der Waals surface area contributed by atoms with E-state index in [1.807, 2.05) is 84.9 Å². The van der Waals surface area contributed by atoms with E-state index < -0.39 is 0 Å². The Morgan fingerprint density at radius 1 is 0.345 bits per heavy atom. The second-order valence-corrected chi connectivity index (χ2v) is 15.1. The maximum absolute atomic E-state index is 6.04. The topological polar surface area (TPSA) is 133 Å². The van der Waals surface area contributed by atoms with Crippen molar-refractivity contribution in [3.8, 4) is 45.2 Å². The van der Waals surface area contributed by atoms with Crippen LogP contribution in [0.25, 0.3) is 100 Å². The monoisotopic (exact) mass is 805 g/mol. The second kappa shape index (κ2) is 13.2. The summed E-state index contributed by atoms with van der Waals surface area (Å²) in [4.78, 5) is 11.5. The van der Waals surface area contributed by atoms with Crippen LogP contribution < -0.4 is 4.90 Å². The van der Waals surface area contributed by atoms with Crippen LogP contribution in [-0.4, -0.2) is 36.2 Å². The lowest BCUT2D eigenvalue weighted by molar-refractivity contribution is 0.619. The van der Waals surface area contributed by atoms with E-state index >= 15 is 0 Å². The van der Waals surface area contributed by atoms with Crippen molar-refractivity contribution in [3.63, 3.8) is 0 Å². The quantitative estimate of drug-likeness (QED) is 0.152. The summed E-state index contributed by atoms with van der Waals surface area (Å²) in [7, 11) is 0. The molecule has 11 nitrogen and oxygen atoms in total. The molecule has 0 amide bonds. The Labute approximate surface area is 340 Å². The smallest absolute Gasteiger partial charge is 0.227 e. The summed E-state index contributed by atoms with van der Waals surface area (Å²) in [6.07, 6.45) is 0. The van der Waals surface area contributed by atoms with Crippen molar-refractivity contribution >= 4 is 108 Å². The standard InChI is InChI=1S/C44H23N9O2S3/c1-3-10-36-30(6-1)45-43(54-36)26-16-12-24(13-17-26)28-20-22-34(41-38(28)48-57-51-41)53(33-9-5-8-32-40(33)50-56-47-32)35-23-21-29(39-42(35)52-58-49-39)25-14-18-27(19-15-25)44-46-31-7-2-4-11-37(31)55-44/h1-23H. The minimum Gasteiger partial charge on any atom is -0.436 e. The largest absolute Gasteiger partial charge is 0.436 e. The summed E-state index contributed by atoms with van der Waals surface area (Å²) >= 11 is 3.55. The van der Waals surface area contributed by atoms with Gasteiger partial charge in [-0.05, 0) is 96.1 Å². The Hall–Kier alpha value is -7.26. The first-order valence-electron chi connectivity index (χ1n) is 18.2. The molecule has 0 atom stereocenters. The molecule has 12 aromatic rings. The molecule has 5 heterocycles. The van der Waals surface area contributed by atoms with Crippen LogP contribution in [0, 0.1) is 0 Å². The average Bonchev–Trinajstić information content (AvgIpc) is 4.13. The molecular formula is C44H23N9O2S3. The van der Waals surface area contributed by atoms with Crippen molar-refractivity contribution in [2.75, 3.05) is 4.90 Å². The molecule has 0 bridgehead atoms. The van der Waals surface area contributed by atoms with E-state index in [2.05, 4.69) is 73.8 Å². The van der Waals surface area contributed by atoms with Gasteiger partial charge in [0.2, 0.25) is 11.8 Å². The molecule has 0 spiro atoms. The van der Waals surface area contributed by atoms with Crippen LogP contribution in [0.1, 0.15) is 0 Å². The lowest BCUT2D eigenvalue weighted by Crippen LogP contribution is -2.12. The summed E-state index contributed by atoms with van der Waals surface area (Å²) in [5.74, 6) is 1.16. The van der Waals surface area contributed by atoms with Gasteiger partial charge in [-0.1, -0.05) is 54.6 Å². The molecule has 7 aromatic carbocycles. The average molecular weight is 806 g/mol. The van der Waals surface area contributed by atoms with Gasteiger partial charge in [0.25, 0.3) is 0 Å². The van der Waals surface area contributed by atoms with Gasteiger partial charge in [0, 0.05) is 22.3 Å². The van der Waals surface area contributed by atoms with E-state index in [0.717, 1.165) is 106 Å². The van der Waals surface area contributed by atoms with Crippen molar-refractivity contribution in [1.82, 2.24) is 36.2 Å². The van der Waals surface area contributed by atoms with Gasteiger partial charge in [-0.2, -0.15) is 26.2 Å². The highest BCUT2D eigenvalue weighted by Crippen LogP contribution is 2.46. The summed E-state index contributed by atoms with van der Waals surface area (Å²) in [5.41, 5.74) is 16.0. The molecule has 14 heteroatoms. The summed E-state index contributed by atoms with van der Waals surface area (Å²) in [6, 6.07) is 46.4. The van der Waals surface area contributed by atoms with Crippen LogP contribution in [0.5, 0.6) is 0 Å². The van der Waals surface area contributed by atoms with E-state index in [0.29, 0.717) is 11.8 Å². The third-order valence-corrected chi connectivity index (χ3v) is 11.8. The first-order chi connectivity index (χ1) is 28.7. The number of rotatable bonds is 7. The van der Waals surface area contributed by atoms with Crippen LogP contribution in [-0.2, 0) is 0 Å². The van der Waals surface area contributed by atoms with E-state index in [9.17, 15) is 0 Å². The molecule has 0 radical (unpaired) electrons. The number of hydrogen-bond donors (Lipinski definition) is 0. The van der Waals surface area contributed by atoms with Crippen LogP contribution >= 0.6 is 35.2 Å². The van der Waals surface area contributed by atoms with Gasteiger partial charge in [-0.15, -0.1) is 0 Å². The molecule has 0 saturated heterocycles. The molecule has 0 aliphatic rings. The lowest BCUT2D eigenvalue weighted by atomic mass is 9.99. The fourth-order valence-electron chi connectivity index (χ4n) is 7.47. The van der Waals surface area contributed by atoms with Gasteiger partial charge in [0.1, 0.15) is 44.1 Å². The fraction of sp³-hybridized carbons (Fsp3) is 0. The zero-order valence-electron chi connectivity index (χ0n) is 29.8. The van der Waals surface area contributed by atoms with Crippen molar-refractivity contribution < 1.29 is 8.83 Å². The SMILES string of the molecule is c1ccc2oc(-c3ccc(-c4ccc(N(c5cccc6nsnc56)c5ccc(-c6ccc(-c7nc8ccccc8o7)cc6)c6nsnc56)c5nsnc45)cc3)nc2c1. The van der Waals surface area contributed by atoms with E-state index in [-0.39, 0.29) is 0 Å². The zero-order chi connectivity index (χ0) is 38.2. The molecule has 12 rings (SSSR count). The number of anilines is 3. The summed E-state index contributed by atoms with van der Waals surface area (Å²) in [6.45, 7) is 0. The molecule has 0 fully saturated rings. The Bertz CT molecular complexity index is 3230. The van der Waals surface area contributed by atoms with Crippen molar-refractivity contribution in [1.29, 1.82) is 0 Å². The molecule has 0 aliphatic carbocycles. The second-order valence-electron chi connectivity index (χ2n) is 13.6. The first kappa shape index (κ1) is 32.9. The molecule has 0 N–H and O–H groups in total. The third kappa shape index (κ3) is 5.30. The molecule has 0 saturated carbocycles. The number of hydrogen-bond acceptors (Lipinski definition) is 14. The van der Waals surface area contributed by atoms with Gasteiger partial charge in [-0.3, -0.25) is 0 Å². The highest BCUT2D eigenvalue weighted by molar-refractivity contribution is 7.00. The minimum atomic E-state index is 0.579. The van der Waals surface area contributed by atoms with Gasteiger partial charge in [0.15, 0.2) is 11.2 Å². The van der Waals surface area contributed by atoms with Crippen LogP contribution in [0.4, 0.5) is 17.1 Å².